The molecule has 1 unspecified atom stereocenters. The van der Waals surface area contributed by atoms with Crippen LogP contribution in [0.1, 0.15) is 61.3 Å². The molecule has 1 aromatic carbocycles. The highest BCUT2D eigenvalue weighted by Crippen LogP contribution is 2.33. The van der Waals surface area contributed by atoms with E-state index < -0.39 is 0 Å². The van der Waals surface area contributed by atoms with Crippen molar-refractivity contribution in [3.8, 4) is 0 Å². The largest absolute Gasteiger partial charge is 0.373 e. The minimum Gasteiger partial charge on any atom is -0.373 e. The van der Waals surface area contributed by atoms with Gasteiger partial charge in [-0.05, 0) is 43.9 Å². The van der Waals surface area contributed by atoms with Gasteiger partial charge in [0.25, 0.3) is 0 Å². The van der Waals surface area contributed by atoms with Crippen LogP contribution in [-0.2, 0) is 30.7 Å². The molecule has 1 N–H and O–H groups in total. The van der Waals surface area contributed by atoms with Gasteiger partial charge in [-0.3, -0.25) is 9.69 Å². The lowest BCUT2D eigenvalue weighted by Gasteiger charge is -2.30. The smallest absolute Gasteiger partial charge is 0.219 e. The SMILES string of the molecule is CNc1nc(C2CCN(C(C)=O)C2)nc2c1CN(Cc1ccc3c(c1)CCN3C(C)C)CC2. The monoisotopic (exact) mass is 448 g/mol. The Bertz CT molecular complexity index is 1030. The van der Waals surface area contributed by atoms with E-state index in [1.807, 2.05) is 11.9 Å². The molecule has 1 amide bonds. The summed E-state index contributed by atoms with van der Waals surface area (Å²) in [6.45, 7) is 11.7. The van der Waals surface area contributed by atoms with E-state index in [1.54, 1.807) is 6.92 Å². The number of rotatable bonds is 5. The molecule has 3 aliphatic rings. The molecule has 1 saturated heterocycles. The second-order valence-corrected chi connectivity index (χ2v) is 10.0. The van der Waals surface area contributed by atoms with Crippen molar-refractivity contribution in [2.75, 3.05) is 43.4 Å². The first-order valence-corrected chi connectivity index (χ1v) is 12.4. The summed E-state index contributed by atoms with van der Waals surface area (Å²) in [5.74, 6) is 2.22. The van der Waals surface area contributed by atoms with Crippen LogP contribution in [0.25, 0.3) is 0 Å². The summed E-state index contributed by atoms with van der Waals surface area (Å²) in [6.07, 6.45) is 3.03. The van der Waals surface area contributed by atoms with Crippen molar-refractivity contribution in [2.45, 2.75) is 65.1 Å². The van der Waals surface area contributed by atoms with Gasteiger partial charge >= 0.3 is 0 Å². The maximum atomic E-state index is 11.7. The molecule has 4 heterocycles. The Balaban J connectivity index is 1.31. The molecule has 1 atom stereocenters. The van der Waals surface area contributed by atoms with Crippen LogP contribution in [0, 0.1) is 0 Å². The zero-order valence-corrected chi connectivity index (χ0v) is 20.4. The molecule has 0 radical (unpaired) electrons. The van der Waals surface area contributed by atoms with Gasteiger partial charge < -0.3 is 15.1 Å². The molecular formula is C26H36N6O. The number of nitrogens with zero attached hydrogens (tertiary/aromatic N) is 5. The molecule has 0 aliphatic carbocycles. The van der Waals surface area contributed by atoms with Gasteiger partial charge in [0.2, 0.25) is 5.91 Å². The number of nitrogens with one attached hydrogen (secondary N) is 1. The maximum absolute atomic E-state index is 11.7. The Kier molecular flexibility index (Phi) is 5.99. The lowest BCUT2D eigenvalue weighted by Crippen LogP contribution is -2.32. The third-order valence-electron chi connectivity index (χ3n) is 7.50. The summed E-state index contributed by atoms with van der Waals surface area (Å²) >= 11 is 0. The van der Waals surface area contributed by atoms with Gasteiger partial charge in [-0.25, -0.2) is 9.97 Å². The first kappa shape index (κ1) is 22.1. The summed E-state index contributed by atoms with van der Waals surface area (Å²) in [4.78, 5) is 28.6. The Hall–Kier alpha value is -2.67. The van der Waals surface area contributed by atoms with E-state index in [0.717, 1.165) is 70.2 Å². The molecule has 0 bridgehead atoms. The molecular weight excluding hydrogens is 412 g/mol. The molecule has 3 aliphatic heterocycles. The lowest BCUT2D eigenvalue weighted by molar-refractivity contribution is -0.127. The summed E-state index contributed by atoms with van der Waals surface area (Å²) in [5.41, 5.74) is 6.68. The summed E-state index contributed by atoms with van der Waals surface area (Å²) in [7, 11) is 1.95. The van der Waals surface area contributed by atoms with E-state index in [-0.39, 0.29) is 11.8 Å². The van der Waals surface area contributed by atoms with Gasteiger partial charge in [0, 0.05) is 82.9 Å². The number of carbonyl (C=O) groups excluding carboxylic acids is 1. The number of anilines is 2. The molecule has 0 spiro atoms. The molecule has 1 aromatic heterocycles. The third kappa shape index (κ3) is 4.31. The minimum atomic E-state index is 0.142. The van der Waals surface area contributed by atoms with Gasteiger partial charge in [0.15, 0.2) is 0 Å². The third-order valence-corrected chi connectivity index (χ3v) is 7.50. The summed E-state index contributed by atoms with van der Waals surface area (Å²) in [5, 5.41) is 3.32. The topological polar surface area (TPSA) is 64.6 Å². The van der Waals surface area contributed by atoms with Crippen molar-refractivity contribution in [3.63, 3.8) is 0 Å². The van der Waals surface area contributed by atoms with Crippen LogP contribution < -0.4 is 10.2 Å². The predicted molar refractivity (Wildman–Crippen MR) is 132 cm³/mol. The Morgan fingerprint density at radius 3 is 2.76 bits per heavy atom. The molecule has 176 valence electrons. The first-order chi connectivity index (χ1) is 15.9. The highest BCUT2D eigenvalue weighted by atomic mass is 16.2. The highest BCUT2D eigenvalue weighted by molar-refractivity contribution is 5.73. The van der Waals surface area contributed by atoms with Crippen LogP contribution >= 0.6 is 0 Å². The Labute approximate surface area is 197 Å². The molecule has 7 nitrogen and oxygen atoms in total. The van der Waals surface area contributed by atoms with E-state index in [2.05, 4.69) is 47.2 Å². The van der Waals surface area contributed by atoms with Crippen molar-refractivity contribution in [1.29, 1.82) is 0 Å². The Morgan fingerprint density at radius 2 is 2.03 bits per heavy atom. The van der Waals surface area contributed by atoms with E-state index in [1.165, 1.54) is 28.1 Å². The number of fused-ring (bicyclic) bond motifs is 2. The average molecular weight is 449 g/mol. The predicted octanol–water partition coefficient (Wildman–Crippen LogP) is 3.18. The lowest BCUT2D eigenvalue weighted by atomic mass is 10.0. The fraction of sp³-hybridized carbons (Fsp3) is 0.577. The van der Waals surface area contributed by atoms with Crippen molar-refractivity contribution >= 4 is 17.4 Å². The fourth-order valence-electron chi connectivity index (χ4n) is 5.64. The van der Waals surface area contributed by atoms with Crippen LogP contribution in [-0.4, -0.2) is 64.9 Å². The van der Waals surface area contributed by atoms with Crippen molar-refractivity contribution < 1.29 is 4.79 Å². The Morgan fingerprint density at radius 1 is 1.18 bits per heavy atom. The van der Waals surface area contributed by atoms with Crippen LogP contribution in [0.5, 0.6) is 0 Å². The summed E-state index contributed by atoms with van der Waals surface area (Å²) in [6, 6.07) is 7.58. The molecule has 33 heavy (non-hydrogen) atoms. The summed E-state index contributed by atoms with van der Waals surface area (Å²) < 4.78 is 0. The average Bonchev–Trinajstić information content (AvgIpc) is 3.46. The molecule has 0 saturated carbocycles. The number of aromatic nitrogens is 2. The van der Waals surface area contributed by atoms with Crippen LogP contribution in [0.3, 0.4) is 0 Å². The standard InChI is InChI=1S/C26H36N6O/c1-17(2)32-12-8-20-13-19(5-6-24(20)32)14-30-10-9-23-22(16-30)26(27-4)29-25(28-23)21-7-11-31(15-21)18(3)33/h5-6,13,17,21H,7-12,14-16H2,1-4H3,(H,27,28,29). The number of hydrogen-bond acceptors (Lipinski definition) is 6. The fourth-order valence-corrected chi connectivity index (χ4v) is 5.64. The van der Waals surface area contributed by atoms with Gasteiger partial charge in [-0.1, -0.05) is 12.1 Å². The van der Waals surface area contributed by atoms with E-state index >= 15 is 0 Å². The highest BCUT2D eigenvalue weighted by Gasteiger charge is 2.30. The number of likely N-dealkylation sites (tertiary alicyclic amines) is 1. The molecule has 1 fully saturated rings. The van der Waals surface area contributed by atoms with Crippen molar-refractivity contribution in [2.24, 2.45) is 0 Å². The number of benzene rings is 1. The second-order valence-electron chi connectivity index (χ2n) is 10.0. The van der Waals surface area contributed by atoms with Crippen molar-refractivity contribution in [3.05, 3.63) is 46.4 Å². The second kappa shape index (κ2) is 8.93. The van der Waals surface area contributed by atoms with Gasteiger partial charge in [-0.2, -0.15) is 0 Å². The quantitative estimate of drug-likeness (QED) is 0.758. The van der Waals surface area contributed by atoms with Gasteiger partial charge in [-0.15, -0.1) is 0 Å². The first-order valence-electron chi connectivity index (χ1n) is 12.4. The van der Waals surface area contributed by atoms with Crippen molar-refractivity contribution in [1.82, 2.24) is 19.8 Å². The minimum absolute atomic E-state index is 0.142. The zero-order chi connectivity index (χ0) is 23.1. The molecule has 7 heteroatoms. The van der Waals surface area contributed by atoms with Gasteiger partial charge in [0.1, 0.15) is 11.6 Å². The number of hydrogen-bond donors (Lipinski definition) is 1. The maximum Gasteiger partial charge on any atom is 0.219 e. The number of carbonyl (C=O) groups is 1. The van der Waals surface area contributed by atoms with E-state index in [4.69, 9.17) is 9.97 Å². The molecule has 5 rings (SSSR count). The normalized spacial score (nSPS) is 20.3. The van der Waals surface area contributed by atoms with Crippen LogP contribution in [0.2, 0.25) is 0 Å². The molecule has 2 aromatic rings. The van der Waals surface area contributed by atoms with Gasteiger partial charge in [0.05, 0.1) is 5.69 Å². The van der Waals surface area contributed by atoms with E-state index in [0.29, 0.717) is 6.04 Å². The van der Waals surface area contributed by atoms with E-state index in [9.17, 15) is 4.79 Å². The number of amides is 1. The van der Waals surface area contributed by atoms with Crippen LogP contribution in [0.4, 0.5) is 11.5 Å². The zero-order valence-electron chi connectivity index (χ0n) is 20.4. The van der Waals surface area contributed by atoms with Crippen LogP contribution in [0.15, 0.2) is 18.2 Å².